The summed E-state index contributed by atoms with van der Waals surface area (Å²) in [6.07, 6.45) is 2.11. The molecule has 0 aliphatic rings. The minimum absolute atomic E-state index is 0.114. The van der Waals surface area contributed by atoms with E-state index in [2.05, 4.69) is 59.4 Å². The van der Waals surface area contributed by atoms with E-state index in [1.807, 2.05) is 12.1 Å². The maximum atomic E-state index is 13.0. The number of halogens is 1. The molecule has 0 unspecified atom stereocenters. The minimum atomic E-state index is -0.321. The van der Waals surface area contributed by atoms with Crippen molar-refractivity contribution in [1.29, 1.82) is 0 Å². The van der Waals surface area contributed by atoms with Gasteiger partial charge in [-0.1, -0.05) is 48.0 Å². The van der Waals surface area contributed by atoms with Crippen LogP contribution in [-0.4, -0.2) is 16.2 Å². The van der Waals surface area contributed by atoms with Gasteiger partial charge >= 0.3 is 0 Å². The van der Waals surface area contributed by atoms with Crippen LogP contribution in [0.4, 0.5) is 10.1 Å². The SMILES string of the molecule is Cc1ccc(Cn2cc(SCC(=O)Nc3ccc(F)cc3)c3ccccc32)cc1. The van der Waals surface area contributed by atoms with Gasteiger partial charge < -0.3 is 9.88 Å². The summed E-state index contributed by atoms with van der Waals surface area (Å²) < 4.78 is 15.2. The summed E-state index contributed by atoms with van der Waals surface area (Å²) in [6.45, 7) is 2.86. The maximum absolute atomic E-state index is 13.0. The maximum Gasteiger partial charge on any atom is 0.234 e. The van der Waals surface area contributed by atoms with Gasteiger partial charge in [0, 0.05) is 34.2 Å². The zero-order valence-corrected chi connectivity index (χ0v) is 16.9. The van der Waals surface area contributed by atoms with Crippen molar-refractivity contribution in [2.45, 2.75) is 18.4 Å². The average molecular weight is 405 g/mol. The topological polar surface area (TPSA) is 34.0 Å². The van der Waals surface area contributed by atoms with Crippen molar-refractivity contribution in [2.24, 2.45) is 0 Å². The summed E-state index contributed by atoms with van der Waals surface area (Å²) in [7, 11) is 0. The third-order valence-electron chi connectivity index (χ3n) is 4.71. The largest absolute Gasteiger partial charge is 0.342 e. The lowest BCUT2D eigenvalue weighted by Gasteiger charge is -2.06. The van der Waals surface area contributed by atoms with E-state index in [4.69, 9.17) is 0 Å². The summed E-state index contributed by atoms with van der Waals surface area (Å²) in [6, 6.07) is 22.6. The zero-order chi connectivity index (χ0) is 20.2. The molecule has 0 fully saturated rings. The molecule has 0 aliphatic heterocycles. The number of nitrogens with zero attached hydrogens (tertiary/aromatic N) is 1. The Hall–Kier alpha value is -3.05. The number of amides is 1. The lowest BCUT2D eigenvalue weighted by molar-refractivity contribution is -0.113. The average Bonchev–Trinajstić information content (AvgIpc) is 3.08. The summed E-state index contributed by atoms with van der Waals surface area (Å²) >= 11 is 1.51. The first kappa shape index (κ1) is 19.3. The Labute approximate surface area is 173 Å². The highest BCUT2D eigenvalue weighted by Gasteiger charge is 2.11. The van der Waals surface area contributed by atoms with Gasteiger partial charge in [0.15, 0.2) is 0 Å². The molecule has 0 atom stereocenters. The van der Waals surface area contributed by atoms with Crippen LogP contribution in [-0.2, 0) is 11.3 Å². The Morgan fingerprint density at radius 1 is 1.00 bits per heavy atom. The third kappa shape index (κ3) is 4.69. The molecule has 3 aromatic carbocycles. The first-order valence-electron chi connectivity index (χ1n) is 9.40. The summed E-state index contributed by atoms with van der Waals surface area (Å²) in [5, 5.41) is 3.94. The number of carbonyl (C=O) groups is 1. The molecule has 4 aromatic rings. The molecule has 0 saturated carbocycles. The molecule has 4 rings (SSSR count). The van der Waals surface area contributed by atoms with E-state index in [-0.39, 0.29) is 17.5 Å². The number of carbonyl (C=O) groups excluding carboxylic acids is 1. The second-order valence-corrected chi connectivity index (χ2v) is 7.98. The van der Waals surface area contributed by atoms with Crippen molar-refractivity contribution in [1.82, 2.24) is 4.57 Å². The van der Waals surface area contributed by atoms with Crippen LogP contribution in [0.2, 0.25) is 0 Å². The number of hydrogen-bond acceptors (Lipinski definition) is 2. The monoisotopic (exact) mass is 404 g/mol. The second kappa shape index (κ2) is 8.53. The van der Waals surface area contributed by atoms with E-state index in [9.17, 15) is 9.18 Å². The molecule has 1 amide bonds. The first-order chi connectivity index (χ1) is 14.1. The molecular weight excluding hydrogens is 383 g/mol. The number of anilines is 1. The summed E-state index contributed by atoms with van der Waals surface area (Å²) in [5.41, 5.74) is 4.23. The quantitative estimate of drug-likeness (QED) is 0.408. The highest BCUT2D eigenvalue weighted by atomic mass is 32.2. The van der Waals surface area contributed by atoms with Gasteiger partial charge in [-0.3, -0.25) is 4.79 Å². The van der Waals surface area contributed by atoms with Gasteiger partial charge in [0.05, 0.1) is 5.75 Å². The number of fused-ring (bicyclic) bond motifs is 1. The lowest BCUT2D eigenvalue weighted by atomic mass is 10.1. The Morgan fingerprint density at radius 3 is 2.48 bits per heavy atom. The molecule has 5 heteroatoms. The van der Waals surface area contributed by atoms with Crippen molar-refractivity contribution < 1.29 is 9.18 Å². The fourth-order valence-electron chi connectivity index (χ4n) is 3.22. The first-order valence-corrected chi connectivity index (χ1v) is 10.4. The van der Waals surface area contributed by atoms with Gasteiger partial charge in [-0.25, -0.2) is 4.39 Å². The van der Waals surface area contributed by atoms with Crippen LogP contribution in [0.15, 0.2) is 83.9 Å². The van der Waals surface area contributed by atoms with Crippen LogP contribution in [0, 0.1) is 12.7 Å². The molecule has 1 heterocycles. The van der Waals surface area contributed by atoms with Crippen LogP contribution in [0.3, 0.4) is 0 Å². The molecule has 29 heavy (non-hydrogen) atoms. The molecule has 0 aliphatic carbocycles. The number of aromatic nitrogens is 1. The van der Waals surface area contributed by atoms with E-state index in [0.717, 1.165) is 22.3 Å². The van der Waals surface area contributed by atoms with Gasteiger partial charge in [-0.05, 0) is 42.8 Å². The van der Waals surface area contributed by atoms with E-state index in [1.54, 1.807) is 12.1 Å². The van der Waals surface area contributed by atoms with Gasteiger partial charge in [-0.2, -0.15) is 0 Å². The number of para-hydroxylation sites is 1. The minimum Gasteiger partial charge on any atom is -0.342 e. The fourth-order valence-corrected chi connectivity index (χ4v) is 4.11. The van der Waals surface area contributed by atoms with Gasteiger partial charge in [0.25, 0.3) is 0 Å². The van der Waals surface area contributed by atoms with Crippen LogP contribution in [0.5, 0.6) is 0 Å². The van der Waals surface area contributed by atoms with Crippen molar-refractivity contribution in [2.75, 3.05) is 11.1 Å². The number of aryl methyl sites for hydroxylation is 1. The summed E-state index contributed by atoms with van der Waals surface area (Å²) in [4.78, 5) is 13.4. The molecule has 1 aromatic heterocycles. The molecule has 0 radical (unpaired) electrons. The van der Waals surface area contributed by atoms with Crippen LogP contribution in [0.25, 0.3) is 10.9 Å². The standard InChI is InChI=1S/C24H21FN2OS/c1-17-6-8-18(9-7-17)14-27-15-23(21-4-2-3-5-22(21)27)29-16-24(28)26-20-12-10-19(25)11-13-20/h2-13,15H,14,16H2,1H3,(H,26,28). The highest BCUT2D eigenvalue weighted by molar-refractivity contribution is 8.00. The van der Waals surface area contributed by atoms with Crippen molar-refractivity contribution in [3.8, 4) is 0 Å². The highest BCUT2D eigenvalue weighted by Crippen LogP contribution is 2.30. The molecule has 3 nitrogen and oxygen atoms in total. The molecular formula is C24H21FN2OS. The molecule has 1 N–H and O–H groups in total. The molecule has 0 spiro atoms. The lowest BCUT2D eigenvalue weighted by Crippen LogP contribution is -2.13. The Bertz CT molecular complexity index is 1130. The number of thioether (sulfide) groups is 1. The van der Waals surface area contributed by atoms with E-state index < -0.39 is 0 Å². The number of hydrogen-bond donors (Lipinski definition) is 1. The molecule has 0 bridgehead atoms. The normalized spacial score (nSPS) is 11.0. The van der Waals surface area contributed by atoms with Gasteiger partial charge in [-0.15, -0.1) is 11.8 Å². The van der Waals surface area contributed by atoms with E-state index >= 15 is 0 Å². The Balaban J connectivity index is 1.49. The van der Waals surface area contributed by atoms with E-state index in [1.165, 1.54) is 35.0 Å². The molecule has 0 saturated heterocycles. The van der Waals surface area contributed by atoms with Crippen LogP contribution >= 0.6 is 11.8 Å². The zero-order valence-electron chi connectivity index (χ0n) is 16.1. The smallest absolute Gasteiger partial charge is 0.234 e. The third-order valence-corrected chi connectivity index (χ3v) is 5.76. The number of nitrogens with one attached hydrogen (secondary N) is 1. The van der Waals surface area contributed by atoms with Gasteiger partial charge in [0.2, 0.25) is 5.91 Å². The Morgan fingerprint density at radius 2 is 1.72 bits per heavy atom. The second-order valence-electron chi connectivity index (χ2n) is 6.97. The van der Waals surface area contributed by atoms with Crippen molar-refractivity contribution in [3.05, 3.63) is 95.9 Å². The van der Waals surface area contributed by atoms with Crippen molar-refractivity contribution in [3.63, 3.8) is 0 Å². The molecule has 146 valence electrons. The van der Waals surface area contributed by atoms with Gasteiger partial charge in [0.1, 0.15) is 5.82 Å². The Kier molecular flexibility index (Phi) is 5.67. The number of benzene rings is 3. The van der Waals surface area contributed by atoms with Crippen molar-refractivity contribution >= 4 is 34.3 Å². The predicted molar refractivity (Wildman–Crippen MR) is 118 cm³/mol. The number of rotatable bonds is 6. The van der Waals surface area contributed by atoms with Crippen LogP contribution < -0.4 is 5.32 Å². The fraction of sp³-hybridized carbons (Fsp3) is 0.125. The van der Waals surface area contributed by atoms with Crippen LogP contribution in [0.1, 0.15) is 11.1 Å². The predicted octanol–water partition coefficient (Wildman–Crippen LogP) is 5.87. The summed E-state index contributed by atoms with van der Waals surface area (Å²) in [5.74, 6) is -0.147. The van der Waals surface area contributed by atoms with E-state index in [0.29, 0.717) is 5.69 Å².